The molecule has 120 valence electrons. The minimum Gasteiger partial charge on any atom is -0.378 e. The van der Waals surface area contributed by atoms with E-state index in [9.17, 15) is 4.39 Å². The quantitative estimate of drug-likeness (QED) is 0.764. The number of anilines is 1. The lowest BCUT2D eigenvalue weighted by Gasteiger charge is -2.14. The highest BCUT2D eigenvalue weighted by molar-refractivity contribution is 5.69. The van der Waals surface area contributed by atoms with E-state index in [-0.39, 0.29) is 5.82 Å². The molecule has 2 aromatic heterocycles. The summed E-state index contributed by atoms with van der Waals surface area (Å²) in [6.45, 7) is 10.7. The fourth-order valence-electron chi connectivity index (χ4n) is 3.04. The molecule has 0 aliphatic rings. The Morgan fingerprint density at radius 3 is 2.35 bits per heavy atom. The van der Waals surface area contributed by atoms with Gasteiger partial charge in [0.05, 0.1) is 11.4 Å². The number of pyridine rings is 1. The van der Waals surface area contributed by atoms with Crippen molar-refractivity contribution in [2.45, 2.75) is 41.2 Å². The number of halogens is 1. The Labute approximate surface area is 136 Å². The molecule has 3 aromatic rings. The zero-order valence-electron chi connectivity index (χ0n) is 14.3. The molecule has 0 atom stereocenters. The standard InChI is InChI=1S/C19H22FN3/c1-11-6-18(19-22-14(4)15(5)23(19)10-11)21-9-17-12(2)7-16(20)8-13(17)3/h6-8,10,21H,9H2,1-5H3. The SMILES string of the molecule is Cc1cc(NCc2c(C)cc(F)cc2C)c2nc(C)c(C)n2c1. The number of hydrogen-bond acceptors (Lipinski definition) is 2. The van der Waals surface area contributed by atoms with Crippen molar-refractivity contribution in [3.05, 3.63) is 63.9 Å². The van der Waals surface area contributed by atoms with E-state index in [2.05, 4.69) is 40.8 Å². The molecule has 0 aliphatic heterocycles. The molecule has 2 heterocycles. The van der Waals surface area contributed by atoms with Crippen molar-refractivity contribution in [3.8, 4) is 0 Å². The van der Waals surface area contributed by atoms with E-state index in [0.29, 0.717) is 6.54 Å². The van der Waals surface area contributed by atoms with E-state index >= 15 is 0 Å². The summed E-state index contributed by atoms with van der Waals surface area (Å²) in [5.41, 5.74) is 8.36. The topological polar surface area (TPSA) is 29.3 Å². The third-order valence-electron chi connectivity index (χ3n) is 4.45. The first-order valence-corrected chi connectivity index (χ1v) is 7.82. The predicted octanol–water partition coefficient (Wildman–Crippen LogP) is 4.63. The second-order valence-corrected chi connectivity index (χ2v) is 6.28. The van der Waals surface area contributed by atoms with Crippen molar-refractivity contribution >= 4 is 11.3 Å². The number of imidazole rings is 1. The smallest absolute Gasteiger partial charge is 0.160 e. The molecule has 1 aromatic carbocycles. The van der Waals surface area contributed by atoms with Crippen LogP contribution in [0.2, 0.25) is 0 Å². The molecule has 0 unspecified atom stereocenters. The Morgan fingerprint density at radius 2 is 1.70 bits per heavy atom. The molecule has 0 bridgehead atoms. The van der Waals surface area contributed by atoms with Crippen LogP contribution in [-0.2, 0) is 6.54 Å². The highest BCUT2D eigenvalue weighted by Gasteiger charge is 2.11. The molecule has 0 saturated heterocycles. The Kier molecular flexibility index (Phi) is 3.84. The van der Waals surface area contributed by atoms with Gasteiger partial charge in [0.15, 0.2) is 5.65 Å². The summed E-state index contributed by atoms with van der Waals surface area (Å²) in [5.74, 6) is -0.179. The molecule has 0 saturated carbocycles. The van der Waals surface area contributed by atoms with Crippen LogP contribution in [0.25, 0.3) is 5.65 Å². The van der Waals surface area contributed by atoms with Gasteiger partial charge in [0.2, 0.25) is 0 Å². The number of rotatable bonds is 3. The van der Waals surface area contributed by atoms with Gasteiger partial charge in [-0.2, -0.15) is 0 Å². The number of hydrogen-bond donors (Lipinski definition) is 1. The Morgan fingerprint density at radius 1 is 1.04 bits per heavy atom. The molecular formula is C19H22FN3. The van der Waals surface area contributed by atoms with Gasteiger partial charge in [0.1, 0.15) is 5.82 Å². The van der Waals surface area contributed by atoms with Crippen molar-refractivity contribution in [2.24, 2.45) is 0 Å². The van der Waals surface area contributed by atoms with Crippen LogP contribution in [0.4, 0.5) is 10.1 Å². The van der Waals surface area contributed by atoms with Crippen LogP contribution < -0.4 is 5.32 Å². The second-order valence-electron chi connectivity index (χ2n) is 6.28. The van der Waals surface area contributed by atoms with Gasteiger partial charge in [-0.3, -0.25) is 0 Å². The molecule has 3 rings (SSSR count). The molecule has 0 aliphatic carbocycles. The van der Waals surface area contributed by atoms with Gasteiger partial charge in [0.25, 0.3) is 0 Å². The predicted molar refractivity (Wildman–Crippen MR) is 92.6 cm³/mol. The Bertz CT molecular complexity index is 870. The fourth-order valence-corrected chi connectivity index (χ4v) is 3.04. The third kappa shape index (κ3) is 2.81. The van der Waals surface area contributed by atoms with Crippen LogP contribution >= 0.6 is 0 Å². The molecule has 0 fully saturated rings. The van der Waals surface area contributed by atoms with Crippen molar-refractivity contribution < 1.29 is 4.39 Å². The molecule has 0 amide bonds. The summed E-state index contributed by atoms with van der Waals surface area (Å²) in [4.78, 5) is 4.67. The van der Waals surface area contributed by atoms with Crippen LogP contribution in [0.15, 0.2) is 24.4 Å². The van der Waals surface area contributed by atoms with E-state index < -0.39 is 0 Å². The zero-order chi connectivity index (χ0) is 16.7. The first kappa shape index (κ1) is 15.5. The largest absolute Gasteiger partial charge is 0.378 e. The zero-order valence-corrected chi connectivity index (χ0v) is 14.3. The fraction of sp³-hybridized carbons (Fsp3) is 0.316. The lowest BCUT2D eigenvalue weighted by molar-refractivity contribution is 0.624. The van der Waals surface area contributed by atoms with Crippen molar-refractivity contribution in [1.29, 1.82) is 0 Å². The number of aryl methyl sites for hydroxylation is 5. The summed E-state index contributed by atoms with van der Waals surface area (Å²) < 4.78 is 15.6. The van der Waals surface area contributed by atoms with Gasteiger partial charge in [-0.05, 0) is 75.1 Å². The minimum atomic E-state index is -0.179. The minimum absolute atomic E-state index is 0.179. The molecule has 3 nitrogen and oxygen atoms in total. The van der Waals surface area contributed by atoms with Gasteiger partial charge in [-0.15, -0.1) is 0 Å². The summed E-state index contributed by atoms with van der Waals surface area (Å²) in [6.07, 6.45) is 2.10. The lowest BCUT2D eigenvalue weighted by Crippen LogP contribution is -2.06. The number of nitrogens with zero attached hydrogens (tertiary/aromatic N) is 2. The monoisotopic (exact) mass is 311 g/mol. The number of nitrogens with one attached hydrogen (secondary N) is 1. The molecule has 0 spiro atoms. The molecular weight excluding hydrogens is 289 g/mol. The highest BCUT2D eigenvalue weighted by atomic mass is 19.1. The van der Waals surface area contributed by atoms with Gasteiger partial charge in [-0.25, -0.2) is 9.37 Å². The average molecular weight is 311 g/mol. The van der Waals surface area contributed by atoms with Crippen LogP contribution in [0.3, 0.4) is 0 Å². The van der Waals surface area contributed by atoms with E-state index in [1.807, 2.05) is 20.8 Å². The van der Waals surface area contributed by atoms with E-state index in [1.165, 1.54) is 5.56 Å². The van der Waals surface area contributed by atoms with Crippen molar-refractivity contribution in [3.63, 3.8) is 0 Å². The lowest BCUT2D eigenvalue weighted by atomic mass is 10.0. The van der Waals surface area contributed by atoms with Crippen molar-refractivity contribution in [2.75, 3.05) is 5.32 Å². The van der Waals surface area contributed by atoms with Crippen molar-refractivity contribution in [1.82, 2.24) is 9.38 Å². The van der Waals surface area contributed by atoms with Gasteiger partial charge < -0.3 is 9.72 Å². The maximum Gasteiger partial charge on any atom is 0.160 e. The molecule has 23 heavy (non-hydrogen) atoms. The number of fused-ring (bicyclic) bond motifs is 1. The van der Waals surface area contributed by atoms with E-state index in [4.69, 9.17) is 0 Å². The van der Waals surface area contributed by atoms with Crippen LogP contribution in [0.1, 0.15) is 33.6 Å². The summed E-state index contributed by atoms with van der Waals surface area (Å²) in [6, 6.07) is 5.27. The maximum atomic E-state index is 13.4. The summed E-state index contributed by atoms with van der Waals surface area (Å²) in [7, 11) is 0. The average Bonchev–Trinajstić information content (AvgIpc) is 2.74. The number of aromatic nitrogens is 2. The van der Waals surface area contributed by atoms with E-state index in [1.54, 1.807) is 12.1 Å². The normalized spacial score (nSPS) is 11.2. The van der Waals surface area contributed by atoms with Crippen LogP contribution in [-0.4, -0.2) is 9.38 Å². The van der Waals surface area contributed by atoms with Gasteiger partial charge in [0, 0.05) is 18.4 Å². The molecule has 4 heteroatoms. The van der Waals surface area contributed by atoms with Gasteiger partial charge >= 0.3 is 0 Å². The van der Waals surface area contributed by atoms with Gasteiger partial charge in [-0.1, -0.05) is 0 Å². The second kappa shape index (κ2) is 5.69. The first-order valence-electron chi connectivity index (χ1n) is 7.82. The van der Waals surface area contributed by atoms with Crippen LogP contribution in [0, 0.1) is 40.4 Å². The summed E-state index contributed by atoms with van der Waals surface area (Å²) in [5, 5.41) is 3.48. The highest BCUT2D eigenvalue weighted by Crippen LogP contribution is 2.23. The first-order chi connectivity index (χ1) is 10.9. The van der Waals surface area contributed by atoms with Crippen LogP contribution in [0.5, 0.6) is 0 Å². The Hall–Kier alpha value is -2.36. The Balaban J connectivity index is 1.98. The molecule has 1 N–H and O–H groups in total. The number of benzene rings is 1. The molecule has 0 radical (unpaired) electrons. The van der Waals surface area contributed by atoms with E-state index in [0.717, 1.165) is 39.4 Å². The maximum absolute atomic E-state index is 13.4. The summed E-state index contributed by atoms with van der Waals surface area (Å²) >= 11 is 0. The third-order valence-corrected chi connectivity index (χ3v) is 4.45.